The molecule has 0 nitrogen and oxygen atoms in total. The normalized spacial score (nSPS) is 44.4. The maximum Gasteiger partial charge on any atom is -0.0357 e. The van der Waals surface area contributed by atoms with Gasteiger partial charge in [-0.3, -0.25) is 0 Å². The fourth-order valence-electron chi connectivity index (χ4n) is 5.80. The first-order valence-electron chi connectivity index (χ1n) is 9.74. The molecule has 0 aliphatic heterocycles. The van der Waals surface area contributed by atoms with E-state index in [1.807, 2.05) is 0 Å². The Bertz CT molecular complexity index is 280. The Labute approximate surface area is 127 Å². The van der Waals surface area contributed by atoms with Crippen LogP contribution in [0.15, 0.2) is 0 Å². The lowest BCUT2D eigenvalue weighted by atomic mass is 9.61. The predicted molar refractivity (Wildman–Crippen MR) is 87.7 cm³/mol. The van der Waals surface area contributed by atoms with Crippen molar-refractivity contribution in [1.29, 1.82) is 0 Å². The molecular weight excluding hydrogens is 240 g/mol. The minimum absolute atomic E-state index is 1.02. The Morgan fingerprint density at radius 1 is 0.550 bits per heavy atom. The second-order valence-electron chi connectivity index (χ2n) is 8.63. The number of rotatable bonds is 2. The van der Waals surface area contributed by atoms with Gasteiger partial charge in [0.2, 0.25) is 0 Å². The van der Waals surface area contributed by atoms with Gasteiger partial charge in [-0.15, -0.1) is 0 Å². The first kappa shape index (κ1) is 14.9. The summed E-state index contributed by atoms with van der Waals surface area (Å²) < 4.78 is 0. The first-order chi connectivity index (χ1) is 9.74. The third-order valence-electron chi connectivity index (χ3n) is 7.28. The van der Waals surface area contributed by atoms with Crippen LogP contribution in [0.2, 0.25) is 0 Å². The van der Waals surface area contributed by atoms with Crippen LogP contribution in [0.4, 0.5) is 0 Å². The SMILES string of the molecule is CC1CCC(C2CCC(C)C(C3CCCCC3)C2)CC1. The lowest BCUT2D eigenvalue weighted by molar-refractivity contribution is 0.0658. The van der Waals surface area contributed by atoms with Crippen molar-refractivity contribution >= 4 is 0 Å². The summed E-state index contributed by atoms with van der Waals surface area (Å²) in [4.78, 5) is 0. The van der Waals surface area contributed by atoms with Crippen LogP contribution in [0, 0.1) is 35.5 Å². The van der Waals surface area contributed by atoms with Gasteiger partial charge in [-0.05, 0) is 61.2 Å². The maximum absolute atomic E-state index is 2.57. The van der Waals surface area contributed by atoms with Gasteiger partial charge in [0.15, 0.2) is 0 Å². The van der Waals surface area contributed by atoms with Crippen LogP contribution in [0.1, 0.15) is 90.9 Å². The van der Waals surface area contributed by atoms with E-state index in [1.54, 1.807) is 38.5 Å². The summed E-state index contributed by atoms with van der Waals surface area (Å²) in [7, 11) is 0. The monoisotopic (exact) mass is 276 g/mol. The van der Waals surface area contributed by atoms with Gasteiger partial charge in [0.05, 0.1) is 0 Å². The third-order valence-corrected chi connectivity index (χ3v) is 7.28. The van der Waals surface area contributed by atoms with E-state index in [4.69, 9.17) is 0 Å². The highest BCUT2D eigenvalue weighted by molar-refractivity contribution is 4.87. The highest BCUT2D eigenvalue weighted by atomic mass is 14.4. The second kappa shape index (κ2) is 6.84. The van der Waals surface area contributed by atoms with E-state index in [9.17, 15) is 0 Å². The molecule has 0 saturated heterocycles. The summed E-state index contributed by atoms with van der Waals surface area (Å²) in [5.41, 5.74) is 0. The molecule has 3 saturated carbocycles. The Morgan fingerprint density at radius 2 is 1.20 bits per heavy atom. The van der Waals surface area contributed by atoms with E-state index in [2.05, 4.69) is 13.8 Å². The second-order valence-corrected chi connectivity index (χ2v) is 8.63. The van der Waals surface area contributed by atoms with Gasteiger partial charge in [-0.25, -0.2) is 0 Å². The Morgan fingerprint density at radius 3 is 1.90 bits per heavy atom. The summed E-state index contributed by atoms with van der Waals surface area (Å²) in [5, 5.41) is 0. The van der Waals surface area contributed by atoms with Crippen molar-refractivity contribution < 1.29 is 0 Å². The first-order valence-corrected chi connectivity index (χ1v) is 9.74. The zero-order chi connectivity index (χ0) is 13.9. The van der Waals surface area contributed by atoms with Crippen molar-refractivity contribution in [2.24, 2.45) is 35.5 Å². The molecule has 0 heteroatoms. The Kier molecular flexibility index (Phi) is 5.10. The van der Waals surface area contributed by atoms with Crippen LogP contribution in [0.3, 0.4) is 0 Å². The van der Waals surface area contributed by atoms with E-state index in [-0.39, 0.29) is 0 Å². The van der Waals surface area contributed by atoms with Gasteiger partial charge in [0, 0.05) is 0 Å². The largest absolute Gasteiger partial charge is 0.0625 e. The summed E-state index contributed by atoms with van der Waals surface area (Å²) in [6, 6.07) is 0. The molecular formula is C20H36. The molecule has 3 aliphatic carbocycles. The van der Waals surface area contributed by atoms with Gasteiger partial charge in [-0.1, -0.05) is 65.2 Å². The molecule has 3 rings (SSSR count). The van der Waals surface area contributed by atoms with Crippen LogP contribution in [-0.2, 0) is 0 Å². The van der Waals surface area contributed by atoms with Gasteiger partial charge < -0.3 is 0 Å². The number of hydrogen-bond acceptors (Lipinski definition) is 0. The van der Waals surface area contributed by atoms with E-state index < -0.39 is 0 Å². The van der Waals surface area contributed by atoms with Gasteiger partial charge >= 0.3 is 0 Å². The summed E-state index contributed by atoms with van der Waals surface area (Å²) >= 11 is 0. The van der Waals surface area contributed by atoms with Crippen molar-refractivity contribution in [2.75, 3.05) is 0 Å². The zero-order valence-electron chi connectivity index (χ0n) is 13.9. The fourth-order valence-corrected chi connectivity index (χ4v) is 5.80. The highest BCUT2D eigenvalue weighted by Crippen LogP contribution is 2.47. The molecule has 0 radical (unpaired) electrons. The predicted octanol–water partition coefficient (Wildman–Crippen LogP) is 6.45. The van der Waals surface area contributed by atoms with Gasteiger partial charge in [0.1, 0.15) is 0 Å². The standard InChI is InChI=1S/C20H36/c1-15-8-11-17(12-9-15)19-13-10-16(2)20(14-19)18-6-4-3-5-7-18/h15-20H,3-14H2,1-2H3. The molecule has 116 valence electrons. The van der Waals surface area contributed by atoms with E-state index in [0.717, 1.165) is 35.5 Å². The third kappa shape index (κ3) is 3.42. The minimum Gasteiger partial charge on any atom is -0.0625 e. The van der Waals surface area contributed by atoms with Crippen molar-refractivity contribution in [2.45, 2.75) is 90.9 Å². The quantitative estimate of drug-likeness (QED) is 0.544. The molecule has 0 spiro atoms. The van der Waals surface area contributed by atoms with Crippen molar-refractivity contribution in [3.05, 3.63) is 0 Å². The topological polar surface area (TPSA) is 0 Å². The van der Waals surface area contributed by atoms with Crippen molar-refractivity contribution in [3.63, 3.8) is 0 Å². The van der Waals surface area contributed by atoms with Gasteiger partial charge in [0.25, 0.3) is 0 Å². The van der Waals surface area contributed by atoms with Crippen LogP contribution < -0.4 is 0 Å². The van der Waals surface area contributed by atoms with E-state index in [0.29, 0.717) is 0 Å². The molecule has 0 aromatic rings. The zero-order valence-corrected chi connectivity index (χ0v) is 13.9. The molecule has 0 N–H and O–H groups in total. The van der Waals surface area contributed by atoms with E-state index >= 15 is 0 Å². The summed E-state index contributed by atoms with van der Waals surface area (Å²) in [6.45, 7) is 5.03. The molecule has 0 bridgehead atoms. The molecule has 20 heavy (non-hydrogen) atoms. The molecule has 0 amide bonds. The minimum atomic E-state index is 1.02. The molecule has 3 aliphatic rings. The smallest absolute Gasteiger partial charge is 0.0357 e. The van der Waals surface area contributed by atoms with Crippen LogP contribution in [0.5, 0.6) is 0 Å². The van der Waals surface area contributed by atoms with Gasteiger partial charge in [-0.2, -0.15) is 0 Å². The summed E-state index contributed by atoms with van der Waals surface area (Å²) in [5.74, 6) is 6.44. The average molecular weight is 277 g/mol. The molecule has 0 aromatic carbocycles. The molecule has 3 fully saturated rings. The van der Waals surface area contributed by atoms with Crippen LogP contribution in [0.25, 0.3) is 0 Å². The number of hydrogen-bond donors (Lipinski definition) is 0. The molecule has 3 atom stereocenters. The van der Waals surface area contributed by atoms with Crippen molar-refractivity contribution in [3.8, 4) is 0 Å². The molecule has 0 heterocycles. The maximum atomic E-state index is 2.57. The average Bonchev–Trinajstić information content (AvgIpc) is 2.50. The molecule has 3 unspecified atom stereocenters. The lowest BCUT2D eigenvalue weighted by Gasteiger charge is -2.44. The highest BCUT2D eigenvalue weighted by Gasteiger charge is 2.37. The molecule has 0 aromatic heterocycles. The summed E-state index contributed by atoms with van der Waals surface area (Å²) in [6.07, 6.45) is 18.5. The van der Waals surface area contributed by atoms with Crippen LogP contribution in [-0.4, -0.2) is 0 Å². The van der Waals surface area contributed by atoms with Crippen molar-refractivity contribution in [1.82, 2.24) is 0 Å². The lowest BCUT2D eigenvalue weighted by Crippen LogP contribution is -2.34. The van der Waals surface area contributed by atoms with E-state index in [1.165, 1.54) is 38.5 Å². The fraction of sp³-hybridized carbons (Fsp3) is 1.00. The van der Waals surface area contributed by atoms with Crippen LogP contribution >= 0.6 is 0 Å². The Hall–Kier alpha value is 0. The Balaban J connectivity index is 1.57.